The molecule has 1 atom stereocenters. The summed E-state index contributed by atoms with van der Waals surface area (Å²) in [6.07, 6.45) is 2.37. The number of hydrogen-bond donors (Lipinski definition) is 0. The summed E-state index contributed by atoms with van der Waals surface area (Å²) in [6, 6.07) is 6.90. The molecule has 0 unspecified atom stereocenters. The summed E-state index contributed by atoms with van der Waals surface area (Å²) in [5.74, 6) is 1.01. The molecule has 0 radical (unpaired) electrons. The van der Waals surface area contributed by atoms with E-state index in [0.29, 0.717) is 5.92 Å². The zero-order valence-electron chi connectivity index (χ0n) is 14.7. The molecule has 0 saturated heterocycles. The van der Waals surface area contributed by atoms with E-state index >= 15 is 0 Å². The summed E-state index contributed by atoms with van der Waals surface area (Å²) in [7, 11) is 3.90. The monoisotopic (exact) mass is 405 g/mol. The van der Waals surface area contributed by atoms with Crippen LogP contribution in [0.1, 0.15) is 19.4 Å². The van der Waals surface area contributed by atoms with Gasteiger partial charge in [0.1, 0.15) is 22.6 Å². The van der Waals surface area contributed by atoms with Crippen molar-refractivity contribution in [3.63, 3.8) is 0 Å². The van der Waals surface area contributed by atoms with E-state index in [1.165, 1.54) is 12.1 Å². The molecule has 0 bridgehead atoms. The molecule has 0 spiro atoms. The van der Waals surface area contributed by atoms with Gasteiger partial charge in [-0.15, -0.1) is 0 Å². The Morgan fingerprint density at radius 2 is 1.88 bits per heavy atom. The number of benzene rings is 1. The van der Waals surface area contributed by atoms with Gasteiger partial charge in [0.05, 0.1) is 5.39 Å². The zero-order chi connectivity index (χ0) is 18.1. The molecule has 2 heterocycles. The van der Waals surface area contributed by atoms with Gasteiger partial charge in [-0.3, -0.25) is 0 Å². The Morgan fingerprint density at radius 1 is 1.20 bits per heavy atom. The minimum atomic E-state index is -0.213. The van der Waals surface area contributed by atoms with E-state index in [2.05, 4.69) is 49.7 Å². The standard InChI is InChI=1S/C18H21BrFN5/c1-11(2)14(9-12-5-7-13(20)8-6-12)24(3)17-15-16(19)23-25(4)18(15)22-10-21-17/h5-8,10-11,14H,9H2,1-4H3/t14-/m1/s1. The van der Waals surface area contributed by atoms with Crippen LogP contribution in [0, 0.1) is 11.7 Å². The third kappa shape index (κ3) is 3.51. The maximum Gasteiger partial charge on any atom is 0.164 e. The molecule has 1 aromatic carbocycles. The first kappa shape index (κ1) is 17.8. The Morgan fingerprint density at radius 3 is 2.52 bits per heavy atom. The van der Waals surface area contributed by atoms with Gasteiger partial charge >= 0.3 is 0 Å². The van der Waals surface area contributed by atoms with Crippen molar-refractivity contribution < 1.29 is 4.39 Å². The molecule has 25 heavy (non-hydrogen) atoms. The van der Waals surface area contributed by atoms with Crippen molar-refractivity contribution in [3.05, 3.63) is 46.6 Å². The maximum absolute atomic E-state index is 13.2. The third-order valence-corrected chi connectivity index (χ3v) is 5.07. The summed E-state index contributed by atoms with van der Waals surface area (Å²) in [5, 5.41) is 5.29. The maximum atomic E-state index is 13.2. The molecule has 0 amide bonds. The summed E-state index contributed by atoms with van der Waals surface area (Å²) in [4.78, 5) is 11.0. The fourth-order valence-electron chi connectivity index (χ4n) is 3.13. The van der Waals surface area contributed by atoms with Crippen LogP contribution in [0.5, 0.6) is 0 Å². The normalized spacial score (nSPS) is 12.8. The van der Waals surface area contributed by atoms with Gasteiger partial charge in [0.15, 0.2) is 5.65 Å². The lowest BCUT2D eigenvalue weighted by Crippen LogP contribution is -2.38. The van der Waals surface area contributed by atoms with Gasteiger partial charge in [-0.2, -0.15) is 5.10 Å². The Bertz CT molecular complexity index is 875. The van der Waals surface area contributed by atoms with Gasteiger partial charge in [0.25, 0.3) is 0 Å². The molecule has 3 aromatic rings. The SMILES string of the molecule is CC(C)[C@@H](Cc1ccc(F)cc1)N(C)c1ncnc2c1c(Br)nn2C. The van der Waals surface area contributed by atoms with Gasteiger partial charge in [0, 0.05) is 20.1 Å². The van der Waals surface area contributed by atoms with E-state index in [1.807, 2.05) is 26.2 Å². The molecule has 3 rings (SSSR count). The number of hydrogen-bond acceptors (Lipinski definition) is 4. The van der Waals surface area contributed by atoms with Crippen molar-refractivity contribution in [2.24, 2.45) is 13.0 Å². The van der Waals surface area contributed by atoms with E-state index in [4.69, 9.17) is 0 Å². The Balaban J connectivity index is 1.98. The van der Waals surface area contributed by atoms with E-state index in [1.54, 1.807) is 11.0 Å². The van der Waals surface area contributed by atoms with Crippen molar-refractivity contribution >= 4 is 32.8 Å². The highest BCUT2D eigenvalue weighted by Crippen LogP contribution is 2.31. The van der Waals surface area contributed by atoms with Gasteiger partial charge in [-0.25, -0.2) is 19.0 Å². The minimum Gasteiger partial charge on any atom is -0.355 e. The van der Waals surface area contributed by atoms with Crippen LogP contribution in [-0.2, 0) is 13.5 Å². The summed E-state index contributed by atoms with van der Waals surface area (Å²) in [6.45, 7) is 4.36. The second kappa shape index (κ2) is 7.07. The number of anilines is 1. The van der Waals surface area contributed by atoms with Crippen molar-refractivity contribution in [2.75, 3.05) is 11.9 Å². The van der Waals surface area contributed by atoms with Crippen LogP contribution in [0.4, 0.5) is 10.2 Å². The Labute approximate surface area is 155 Å². The highest BCUT2D eigenvalue weighted by molar-refractivity contribution is 9.10. The largest absolute Gasteiger partial charge is 0.355 e. The lowest BCUT2D eigenvalue weighted by molar-refractivity contribution is 0.467. The molecule has 0 aliphatic rings. The van der Waals surface area contributed by atoms with Gasteiger partial charge in [0.2, 0.25) is 0 Å². The van der Waals surface area contributed by atoms with E-state index < -0.39 is 0 Å². The molecule has 0 fully saturated rings. The fraction of sp³-hybridized carbons (Fsp3) is 0.389. The molecular weight excluding hydrogens is 385 g/mol. The highest BCUT2D eigenvalue weighted by Gasteiger charge is 2.24. The van der Waals surface area contributed by atoms with Gasteiger partial charge in [-0.1, -0.05) is 26.0 Å². The molecule has 132 valence electrons. The lowest BCUT2D eigenvalue weighted by Gasteiger charge is -2.32. The zero-order valence-corrected chi connectivity index (χ0v) is 16.3. The Hall–Kier alpha value is -2.02. The first-order valence-electron chi connectivity index (χ1n) is 8.19. The number of aromatic nitrogens is 4. The van der Waals surface area contributed by atoms with Crippen LogP contribution >= 0.6 is 15.9 Å². The topological polar surface area (TPSA) is 46.8 Å². The summed E-state index contributed by atoms with van der Waals surface area (Å²) in [5.41, 5.74) is 1.88. The van der Waals surface area contributed by atoms with E-state index in [-0.39, 0.29) is 11.9 Å². The fourth-order valence-corrected chi connectivity index (χ4v) is 3.73. The van der Waals surface area contributed by atoms with Crippen LogP contribution in [0.15, 0.2) is 35.2 Å². The molecule has 0 N–H and O–H groups in total. The van der Waals surface area contributed by atoms with Gasteiger partial charge in [-0.05, 0) is 46.0 Å². The predicted octanol–water partition coefficient (Wildman–Crippen LogP) is 3.97. The summed E-state index contributed by atoms with van der Waals surface area (Å²) < 4.78 is 15.7. The minimum absolute atomic E-state index is 0.204. The van der Waals surface area contributed by atoms with Gasteiger partial charge < -0.3 is 4.90 Å². The van der Waals surface area contributed by atoms with E-state index in [9.17, 15) is 4.39 Å². The molecular formula is C18H21BrFN5. The summed E-state index contributed by atoms with van der Waals surface area (Å²) >= 11 is 3.52. The van der Waals surface area contributed by atoms with Crippen molar-refractivity contribution in [2.45, 2.75) is 26.3 Å². The molecule has 0 saturated carbocycles. The van der Waals surface area contributed by atoms with E-state index in [0.717, 1.165) is 33.4 Å². The van der Waals surface area contributed by atoms with Crippen molar-refractivity contribution in [1.82, 2.24) is 19.7 Å². The number of nitrogens with zero attached hydrogens (tertiary/aromatic N) is 5. The molecule has 0 aliphatic carbocycles. The van der Waals surface area contributed by atoms with Crippen LogP contribution in [0.2, 0.25) is 0 Å². The Kier molecular flexibility index (Phi) is 5.03. The predicted molar refractivity (Wildman–Crippen MR) is 101 cm³/mol. The molecule has 2 aromatic heterocycles. The van der Waals surface area contributed by atoms with Crippen molar-refractivity contribution in [1.29, 1.82) is 0 Å². The molecule has 7 heteroatoms. The van der Waals surface area contributed by atoms with Crippen LogP contribution in [-0.4, -0.2) is 32.8 Å². The third-order valence-electron chi connectivity index (χ3n) is 4.52. The number of aryl methyl sites for hydroxylation is 1. The molecule has 5 nitrogen and oxygen atoms in total. The highest BCUT2D eigenvalue weighted by atomic mass is 79.9. The number of fused-ring (bicyclic) bond motifs is 1. The molecule has 0 aliphatic heterocycles. The quantitative estimate of drug-likeness (QED) is 0.644. The number of rotatable bonds is 5. The van der Waals surface area contributed by atoms with Crippen LogP contribution < -0.4 is 4.90 Å². The number of likely N-dealkylation sites (N-methyl/N-ethyl adjacent to an activating group) is 1. The van der Waals surface area contributed by atoms with Crippen molar-refractivity contribution in [3.8, 4) is 0 Å². The average molecular weight is 406 g/mol. The number of halogens is 2. The van der Waals surface area contributed by atoms with Crippen LogP contribution in [0.25, 0.3) is 11.0 Å². The van der Waals surface area contributed by atoms with Crippen LogP contribution in [0.3, 0.4) is 0 Å². The first-order chi connectivity index (χ1) is 11.9. The smallest absolute Gasteiger partial charge is 0.164 e. The second-order valence-electron chi connectivity index (χ2n) is 6.56. The average Bonchev–Trinajstić information content (AvgIpc) is 2.88. The lowest BCUT2D eigenvalue weighted by atomic mass is 9.95. The second-order valence-corrected chi connectivity index (χ2v) is 7.31. The first-order valence-corrected chi connectivity index (χ1v) is 8.98.